The minimum absolute atomic E-state index is 0.0489. The Balaban J connectivity index is 1.75. The molecular weight excluding hydrogens is 368 g/mol. The third-order valence-electron chi connectivity index (χ3n) is 6.42. The number of rotatable bonds is 6. The molecule has 5 atom stereocenters. The first kappa shape index (κ1) is 19.9. The van der Waals surface area contributed by atoms with E-state index in [1.54, 1.807) is 26.3 Å². The van der Waals surface area contributed by atoms with Crippen LogP contribution in [0.2, 0.25) is 0 Å². The maximum atomic E-state index is 12.5. The van der Waals surface area contributed by atoms with Gasteiger partial charge in [0.25, 0.3) is 0 Å². The van der Waals surface area contributed by atoms with Crippen LogP contribution < -0.4 is 4.74 Å². The largest absolute Gasteiger partial charge is 0.497 e. The van der Waals surface area contributed by atoms with Gasteiger partial charge in [-0.15, -0.1) is 6.58 Å². The van der Waals surface area contributed by atoms with E-state index in [4.69, 9.17) is 9.47 Å². The van der Waals surface area contributed by atoms with Crippen LogP contribution in [-0.4, -0.2) is 53.8 Å². The number of methoxy groups -OCH3 is 1. The molecule has 0 saturated carbocycles. The van der Waals surface area contributed by atoms with Crippen molar-refractivity contribution in [3.05, 3.63) is 48.2 Å². The molecule has 29 heavy (non-hydrogen) atoms. The first-order valence-corrected chi connectivity index (χ1v) is 10.3. The van der Waals surface area contributed by atoms with Gasteiger partial charge in [-0.2, -0.15) is 0 Å². The van der Waals surface area contributed by atoms with Crippen molar-refractivity contribution in [2.45, 2.75) is 31.9 Å². The fourth-order valence-corrected chi connectivity index (χ4v) is 4.90. The zero-order chi connectivity index (χ0) is 20.5. The number of pyridine rings is 1. The van der Waals surface area contributed by atoms with Crippen LogP contribution in [0.25, 0.3) is 10.9 Å². The van der Waals surface area contributed by atoms with E-state index in [1.165, 1.54) is 0 Å². The van der Waals surface area contributed by atoms with Crippen LogP contribution in [0.1, 0.15) is 41.8 Å². The van der Waals surface area contributed by atoms with E-state index < -0.39 is 12.1 Å². The molecule has 0 spiro atoms. The number of aliphatic hydroxyl groups excluding tert-OH is 1. The standard InChI is InChI=1S/C23H28N2O4/c1-4-14-13-25-9-7-15(14)10-20(25)22(26)17-6-8-24-21-18(17)11-16(28-3)12-19(21)23(27)29-5-2/h4,6,8,11-12,14-15,20,22,26H,1,5,7,9-10,13H2,2-3H3/t14-,15-,20-,22+/m0/s1. The Morgan fingerprint density at radius 3 is 2.97 bits per heavy atom. The molecule has 3 aliphatic rings. The number of nitrogens with zero attached hydrogens (tertiary/aromatic N) is 2. The highest BCUT2D eigenvalue weighted by molar-refractivity contribution is 6.04. The van der Waals surface area contributed by atoms with E-state index in [2.05, 4.69) is 22.5 Å². The number of carbonyl (C=O) groups is 1. The number of benzene rings is 1. The van der Waals surface area contributed by atoms with Crippen molar-refractivity contribution in [1.29, 1.82) is 0 Å². The number of ether oxygens (including phenoxy) is 2. The number of piperidine rings is 3. The van der Waals surface area contributed by atoms with Gasteiger partial charge in [0.15, 0.2) is 0 Å². The molecule has 154 valence electrons. The Hall–Kier alpha value is -2.44. The molecule has 3 saturated heterocycles. The zero-order valence-corrected chi connectivity index (χ0v) is 17.0. The summed E-state index contributed by atoms with van der Waals surface area (Å²) >= 11 is 0. The predicted octanol–water partition coefficient (Wildman–Crippen LogP) is 3.35. The molecule has 5 rings (SSSR count). The maximum absolute atomic E-state index is 12.5. The first-order valence-electron chi connectivity index (χ1n) is 10.3. The Bertz CT molecular complexity index is 928. The van der Waals surface area contributed by atoms with Crippen LogP contribution in [0.3, 0.4) is 0 Å². The third kappa shape index (κ3) is 3.51. The molecule has 0 aliphatic carbocycles. The summed E-state index contributed by atoms with van der Waals surface area (Å²) in [5.74, 6) is 1.16. The Morgan fingerprint density at radius 1 is 1.48 bits per heavy atom. The highest BCUT2D eigenvalue weighted by Gasteiger charge is 2.42. The number of aromatic nitrogens is 1. The van der Waals surface area contributed by atoms with Crippen LogP contribution in [0.5, 0.6) is 5.75 Å². The number of esters is 1. The molecular formula is C23H28N2O4. The lowest BCUT2D eigenvalue weighted by molar-refractivity contribution is -0.0444. The van der Waals surface area contributed by atoms with E-state index in [0.717, 1.165) is 36.9 Å². The monoisotopic (exact) mass is 396 g/mol. The number of hydrogen-bond acceptors (Lipinski definition) is 6. The number of carbonyl (C=O) groups excluding carboxylic acids is 1. The molecule has 6 nitrogen and oxygen atoms in total. The minimum atomic E-state index is -0.670. The predicted molar refractivity (Wildman–Crippen MR) is 111 cm³/mol. The fourth-order valence-electron chi connectivity index (χ4n) is 4.90. The van der Waals surface area contributed by atoms with Crippen molar-refractivity contribution in [3.8, 4) is 5.75 Å². The molecule has 1 N–H and O–H groups in total. The number of fused-ring (bicyclic) bond motifs is 4. The second-order valence-electron chi connectivity index (χ2n) is 7.88. The van der Waals surface area contributed by atoms with Gasteiger partial charge in [-0.1, -0.05) is 6.08 Å². The Kier molecular flexibility index (Phi) is 5.56. The lowest BCUT2D eigenvalue weighted by atomic mass is 9.73. The third-order valence-corrected chi connectivity index (χ3v) is 6.42. The summed E-state index contributed by atoms with van der Waals surface area (Å²) in [6.45, 7) is 7.97. The van der Waals surface area contributed by atoms with Crippen LogP contribution in [0.4, 0.5) is 0 Å². The summed E-state index contributed by atoms with van der Waals surface area (Å²) in [6, 6.07) is 5.37. The summed E-state index contributed by atoms with van der Waals surface area (Å²) < 4.78 is 10.6. The van der Waals surface area contributed by atoms with Crippen molar-refractivity contribution in [3.63, 3.8) is 0 Å². The summed E-state index contributed by atoms with van der Waals surface area (Å²) in [7, 11) is 1.56. The number of aliphatic hydroxyl groups is 1. The quantitative estimate of drug-likeness (QED) is 0.596. The molecule has 1 aromatic carbocycles. The van der Waals surface area contributed by atoms with Gasteiger partial charge < -0.3 is 14.6 Å². The molecule has 6 heteroatoms. The summed E-state index contributed by atoms with van der Waals surface area (Å²) in [5, 5.41) is 12.1. The van der Waals surface area contributed by atoms with Crippen molar-refractivity contribution in [1.82, 2.24) is 9.88 Å². The fraction of sp³-hybridized carbons (Fsp3) is 0.478. The number of hydrogen-bond donors (Lipinski definition) is 1. The van der Waals surface area contributed by atoms with Gasteiger partial charge in [0.05, 0.1) is 30.9 Å². The normalized spacial score (nSPS) is 26.9. The minimum Gasteiger partial charge on any atom is -0.497 e. The van der Waals surface area contributed by atoms with Crippen molar-refractivity contribution >= 4 is 16.9 Å². The van der Waals surface area contributed by atoms with E-state index in [1.807, 2.05) is 12.1 Å². The van der Waals surface area contributed by atoms with Gasteiger partial charge in [0.2, 0.25) is 0 Å². The average Bonchev–Trinajstić information content (AvgIpc) is 2.77. The van der Waals surface area contributed by atoms with Crippen LogP contribution in [-0.2, 0) is 4.74 Å². The topological polar surface area (TPSA) is 71.9 Å². The van der Waals surface area contributed by atoms with Gasteiger partial charge in [-0.05, 0) is 61.9 Å². The molecule has 4 heterocycles. The zero-order valence-electron chi connectivity index (χ0n) is 17.0. The Labute approximate surface area is 171 Å². The van der Waals surface area contributed by atoms with Crippen LogP contribution in [0.15, 0.2) is 37.1 Å². The maximum Gasteiger partial charge on any atom is 0.340 e. The molecule has 1 unspecified atom stereocenters. The average molecular weight is 396 g/mol. The van der Waals surface area contributed by atoms with Gasteiger partial charge in [0.1, 0.15) is 5.75 Å². The van der Waals surface area contributed by atoms with Gasteiger partial charge in [-0.25, -0.2) is 4.79 Å². The molecule has 2 aromatic rings. The molecule has 3 fully saturated rings. The van der Waals surface area contributed by atoms with Crippen molar-refractivity contribution < 1.29 is 19.4 Å². The molecule has 3 aliphatic heterocycles. The second kappa shape index (κ2) is 8.13. The molecule has 1 aromatic heterocycles. The SMILES string of the molecule is C=C[C@H]1CN2CC[C@H]1C[C@H]2[C@H](O)c1ccnc2c(C(=O)OCC)cc(OC)cc12. The van der Waals surface area contributed by atoms with Gasteiger partial charge in [-0.3, -0.25) is 9.88 Å². The first-order chi connectivity index (χ1) is 14.1. The second-order valence-corrected chi connectivity index (χ2v) is 7.88. The lowest BCUT2D eigenvalue weighted by Crippen LogP contribution is -2.54. The Morgan fingerprint density at radius 2 is 2.31 bits per heavy atom. The van der Waals surface area contributed by atoms with Crippen LogP contribution >= 0.6 is 0 Å². The van der Waals surface area contributed by atoms with E-state index >= 15 is 0 Å². The van der Waals surface area contributed by atoms with E-state index in [0.29, 0.717) is 28.7 Å². The van der Waals surface area contributed by atoms with Gasteiger partial charge in [0, 0.05) is 24.2 Å². The van der Waals surface area contributed by atoms with Gasteiger partial charge >= 0.3 is 5.97 Å². The van der Waals surface area contributed by atoms with Crippen molar-refractivity contribution in [2.24, 2.45) is 11.8 Å². The smallest absolute Gasteiger partial charge is 0.340 e. The van der Waals surface area contributed by atoms with Crippen molar-refractivity contribution in [2.75, 3.05) is 26.8 Å². The lowest BCUT2D eigenvalue weighted by Gasteiger charge is -2.50. The summed E-state index contributed by atoms with van der Waals surface area (Å²) in [6.07, 6.45) is 5.13. The molecule has 2 bridgehead atoms. The molecule has 0 radical (unpaired) electrons. The highest BCUT2D eigenvalue weighted by atomic mass is 16.5. The van der Waals surface area contributed by atoms with Crippen LogP contribution in [0, 0.1) is 11.8 Å². The molecule has 0 amide bonds. The summed E-state index contributed by atoms with van der Waals surface area (Å²) in [5.41, 5.74) is 1.65. The highest BCUT2D eigenvalue weighted by Crippen LogP contribution is 2.42. The van der Waals surface area contributed by atoms with E-state index in [-0.39, 0.29) is 12.6 Å². The summed E-state index contributed by atoms with van der Waals surface area (Å²) in [4.78, 5) is 19.3. The van der Waals surface area contributed by atoms with E-state index in [9.17, 15) is 9.90 Å².